The van der Waals surface area contributed by atoms with Crippen LogP contribution in [-0.2, 0) is 16.1 Å². The van der Waals surface area contributed by atoms with Crippen molar-refractivity contribution in [2.75, 3.05) is 11.9 Å². The van der Waals surface area contributed by atoms with Crippen molar-refractivity contribution in [1.82, 2.24) is 5.32 Å². The Hall–Kier alpha value is -1.39. The highest BCUT2D eigenvalue weighted by atomic mass is 16.5. The molecule has 0 aromatic heterocycles. The Bertz CT molecular complexity index is 440. The van der Waals surface area contributed by atoms with Crippen LogP contribution in [0.2, 0.25) is 0 Å². The quantitative estimate of drug-likeness (QED) is 0.869. The summed E-state index contributed by atoms with van der Waals surface area (Å²) >= 11 is 0. The predicted octanol–water partition coefficient (Wildman–Crippen LogP) is 2.69. The molecule has 0 bridgehead atoms. The summed E-state index contributed by atoms with van der Waals surface area (Å²) in [4.78, 5) is 12.1. The van der Waals surface area contributed by atoms with Gasteiger partial charge in [-0.15, -0.1) is 0 Å². The fraction of sp³-hybridized carbons (Fsp3) is 0.562. The van der Waals surface area contributed by atoms with Gasteiger partial charge in [-0.05, 0) is 37.0 Å². The Kier molecular flexibility index (Phi) is 5.56. The molecule has 0 spiro atoms. The highest BCUT2D eigenvalue weighted by Gasteiger charge is 2.21. The maximum atomic E-state index is 12.1. The number of benzene rings is 1. The highest BCUT2D eigenvalue weighted by Crippen LogP contribution is 2.16. The molecule has 1 aromatic rings. The Morgan fingerprint density at radius 3 is 2.95 bits per heavy atom. The van der Waals surface area contributed by atoms with Gasteiger partial charge in [-0.2, -0.15) is 0 Å². The Labute approximate surface area is 120 Å². The molecular formula is C16H24N2O2. The minimum Gasteiger partial charge on any atom is -0.368 e. The summed E-state index contributed by atoms with van der Waals surface area (Å²) in [5.74, 6) is -0.0290. The van der Waals surface area contributed by atoms with Crippen molar-refractivity contribution in [3.8, 4) is 0 Å². The van der Waals surface area contributed by atoms with Gasteiger partial charge in [-0.25, -0.2) is 0 Å². The maximum absolute atomic E-state index is 12.1. The second-order valence-electron chi connectivity index (χ2n) is 5.58. The number of amides is 1. The van der Waals surface area contributed by atoms with Gasteiger partial charge in [-0.3, -0.25) is 4.79 Å². The molecule has 4 heteroatoms. The first kappa shape index (κ1) is 15.0. The van der Waals surface area contributed by atoms with E-state index in [0.29, 0.717) is 12.6 Å². The van der Waals surface area contributed by atoms with E-state index in [1.807, 2.05) is 18.2 Å². The van der Waals surface area contributed by atoms with E-state index in [4.69, 9.17) is 4.74 Å². The number of nitrogens with one attached hydrogen (secondary N) is 2. The molecular weight excluding hydrogens is 252 g/mol. The van der Waals surface area contributed by atoms with E-state index in [0.717, 1.165) is 31.5 Å². The van der Waals surface area contributed by atoms with Gasteiger partial charge >= 0.3 is 0 Å². The molecule has 20 heavy (non-hydrogen) atoms. The minimum absolute atomic E-state index is 0.0290. The van der Waals surface area contributed by atoms with E-state index in [9.17, 15) is 4.79 Å². The average Bonchev–Trinajstić information content (AvgIpc) is 2.46. The zero-order valence-electron chi connectivity index (χ0n) is 12.3. The van der Waals surface area contributed by atoms with E-state index in [1.165, 1.54) is 5.56 Å². The molecule has 4 nitrogen and oxygen atoms in total. The monoisotopic (exact) mass is 276 g/mol. The van der Waals surface area contributed by atoms with Crippen molar-refractivity contribution in [3.05, 3.63) is 29.8 Å². The highest BCUT2D eigenvalue weighted by molar-refractivity contribution is 5.94. The van der Waals surface area contributed by atoms with E-state index >= 15 is 0 Å². The third-order valence-corrected chi connectivity index (χ3v) is 3.38. The lowest BCUT2D eigenvalue weighted by atomic mass is 10.1. The van der Waals surface area contributed by atoms with Gasteiger partial charge in [0.15, 0.2) is 0 Å². The summed E-state index contributed by atoms with van der Waals surface area (Å²) in [6.07, 6.45) is 2.65. The molecule has 2 N–H and O–H groups in total. The average molecular weight is 276 g/mol. The van der Waals surface area contributed by atoms with Crippen LogP contribution in [0.1, 0.15) is 38.7 Å². The topological polar surface area (TPSA) is 50.4 Å². The summed E-state index contributed by atoms with van der Waals surface area (Å²) in [7, 11) is 0. The van der Waals surface area contributed by atoms with Crippen molar-refractivity contribution in [2.24, 2.45) is 0 Å². The van der Waals surface area contributed by atoms with E-state index in [-0.39, 0.29) is 12.0 Å². The van der Waals surface area contributed by atoms with Crippen LogP contribution in [0.15, 0.2) is 24.3 Å². The molecule has 1 heterocycles. The van der Waals surface area contributed by atoms with Gasteiger partial charge in [0.2, 0.25) is 0 Å². The SMILES string of the molecule is CC(C)NCc1cccc(NC(=O)C2CCCCO2)c1. The smallest absolute Gasteiger partial charge is 0.253 e. The molecule has 1 saturated heterocycles. The molecule has 1 aliphatic rings. The molecule has 2 rings (SSSR count). The van der Waals surface area contributed by atoms with Gasteiger partial charge < -0.3 is 15.4 Å². The molecule has 1 fully saturated rings. The van der Waals surface area contributed by atoms with Crippen LogP contribution >= 0.6 is 0 Å². The Morgan fingerprint density at radius 1 is 1.40 bits per heavy atom. The predicted molar refractivity (Wildman–Crippen MR) is 80.6 cm³/mol. The van der Waals surface area contributed by atoms with Crippen LogP contribution < -0.4 is 10.6 Å². The molecule has 0 aliphatic carbocycles. The summed E-state index contributed by atoms with van der Waals surface area (Å²) < 4.78 is 5.50. The summed E-state index contributed by atoms with van der Waals surface area (Å²) in [6, 6.07) is 8.40. The van der Waals surface area contributed by atoms with Gasteiger partial charge in [0.25, 0.3) is 5.91 Å². The molecule has 1 unspecified atom stereocenters. The lowest BCUT2D eigenvalue weighted by molar-refractivity contribution is -0.129. The second kappa shape index (κ2) is 7.41. The van der Waals surface area contributed by atoms with Crippen LogP contribution in [0.4, 0.5) is 5.69 Å². The minimum atomic E-state index is -0.291. The third-order valence-electron chi connectivity index (χ3n) is 3.38. The van der Waals surface area contributed by atoms with Crippen LogP contribution in [0.5, 0.6) is 0 Å². The maximum Gasteiger partial charge on any atom is 0.253 e. The Morgan fingerprint density at radius 2 is 2.25 bits per heavy atom. The number of carbonyl (C=O) groups excluding carboxylic acids is 1. The number of anilines is 1. The zero-order valence-corrected chi connectivity index (χ0v) is 12.3. The normalized spacial score (nSPS) is 19.1. The molecule has 110 valence electrons. The van der Waals surface area contributed by atoms with Crippen molar-refractivity contribution >= 4 is 11.6 Å². The standard InChI is InChI=1S/C16H24N2O2/c1-12(2)17-11-13-6-5-7-14(10-13)18-16(19)15-8-3-4-9-20-15/h5-7,10,12,15,17H,3-4,8-9,11H2,1-2H3,(H,18,19). The van der Waals surface area contributed by atoms with Crippen LogP contribution in [0.3, 0.4) is 0 Å². The van der Waals surface area contributed by atoms with Crippen LogP contribution in [0.25, 0.3) is 0 Å². The van der Waals surface area contributed by atoms with Gasteiger partial charge in [0.1, 0.15) is 6.10 Å². The number of rotatable bonds is 5. The van der Waals surface area contributed by atoms with Crippen molar-refractivity contribution in [3.63, 3.8) is 0 Å². The molecule has 1 amide bonds. The first-order chi connectivity index (χ1) is 9.65. The number of carbonyl (C=O) groups is 1. The number of hydrogen-bond donors (Lipinski definition) is 2. The summed E-state index contributed by atoms with van der Waals surface area (Å²) in [6.45, 7) is 5.73. The Balaban J connectivity index is 1.91. The largest absolute Gasteiger partial charge is 0.368 e. The molecule has 0 saturated carbocycles. The van der Waals surface area contributed by atoms with E-state index in [1.54, 1.807) is 0 Å². The van der Waals surface area contributed by atoms with Crippen LogP contribution in [-0.4, -0.2) is 24.7 Å². The number of ether oxygens (including phenoxy) is 1. The van der Waals surface area contributed by atoms with Crippen molar-refractivity contribution in [2.45, 2.75) is 51.8 Å². The molecule has 1 aromatic carbocycles. The fourth-order valence-electron chi connectivity index (χ4n) is 2.25. The second-order valence-corrected chi connectivity index (χ2v) is 5.58. The lowest BCUT2D eigenvalue weighted by Gasteiger charge is -2.21. The third kappa shape index (κ3) is 4.62. The van der Waals surface area contributed by atoms with Crippen LogP contribution in [0, 0.1) is 0 Å². The van der Waals surface area contributed by atoms with Crippen molar-refractivity contribution in [1.29, 1.82) is 0 Å². The zero-order chi connectivity index (χ0) is 14.4. The lowest BCUT2D eigenvalue weighted by Crippen LogP contribution is -2.33. The first-order valence-electron chi connectivity index (χ1n) is 7.40. The first-order valence-corrected chi connectivity index (χ1v) is 7.40. The van der Waals surface area contributed by atoms with Gasteiger partial charge in [-0.1, -0.05) is 26.0 Å². The summed E-state index contributed by atoms with van der Waals surface area (Å²) in [5, 5.41) is 6.32. The van der Waals surface area contributed by atoms with Crippen molar-refractivity contribution < 1.29 is 9.53 Å². The van der Waals surface area contributed by atoms with E-state index in [2.05, 4.69) is 30.5 Å². The fourth-order valence-corrected chi connectivity index (χ4v) is 2.25. The molecule has 0 radical (unpaired) electrons. The van der Waals surface area contributed by atoms with Gasteiger partial charge in [0.05, 0.1) is 0 Å². The summed E-state index contributed by atoms with van der Waals surface area (Å²) in [5.41, 5.74) is 2.01. The molecule has 1 atom stereocenters. The van der Waals surface area contributed by atoms with Gasteiger partial charge in [0, 0.05) is 24.9 Å². The number of hydrogen-bond acceptors (Lipinski definition) is 3. The van der Waals surface area contributed by atoms with E-state index < -0.39 is 0 Å². The molecule has 1 aliphatic heterocycles.